The van der Waals surface area contributed by atoms with Crippen LogP contribution in [-0.2, 0) is 4.79 Å². The Balaban J connectivity index is 1.64. The van der Waals surface area contributed by atoms with Gasteiger partial charge in [-0.2, -0.15) is 0 Å². The van der Waals surface area contributed by atoms with Crippen LogP contribution in [0.25, 0.3) is 0 Å². The van der Waals surface area contributed by atoms with Crippen molar-refractivity contribution in [2.24, 2.45) is 5.92 Å². The van der Waals surface area contributed by atoms with Crippen LogP contribution in [0.3, 0.4) is 0 Å². The van der Waals surface area contributed by atoms with E-state index in [9.17, 15) is 9.90 Å². The summed E-state index contributed by atoms with van der Waals surface area (Å²) in [6.07, 6.45) is 2.87. The first-order chi connectivity index (χ1) is 9.65. The second-order valence-corrected chi connectivity index (χ2v) is 6.15. The van der Waals surface area contributed by atoms with Gasteiger partial charge in [0.05, 0.1) is 6.10 Å². The van der Waals surface area contributed by atoms with Gasteiger partial charge in [-0.05, 0) is 43.9 Å². The maximum atomic E-state index is 11.9. The zero-order valence-corrected chi connectivity index (χ0v) is 13.0. The molecule has 1 aliphatic carbocycles. The first-order valence-electron chi connectivity index (χ1n) is 7.10. The monoisotopic (exact) mass is 340 g/mol. The van der Waals surface area contributed by atoms with Crippen LogP contribution in [0.1, 0.15) is 25.7 Å². The predicted molar refractivity (Wildman–Crippen MR) is 83.6 cm³/mol. The van der Waals surface area contributed by atoms with E-state index in [1.807, 2.05) is 24.3 Å². The predicted octanol–water partition coefficient (Wildman–Crippen LogP) is 2.53. The minimum Gasteiger partial charge on any atom is -0.393 e. The highest BCUT2D eigenvalue weighted by atomic mass is 79.9. The van der Waals surface area contributed by atoms with Crippen LogP contribution in [0, 0.1) is 5.92 Å². The number of aliphatic hydroxyl groups is 1. The lowest BCUT2D eigenvalue weighted by Gasteiger charge is -2.24. The van der Waals surface area contributed by atoms with Gasteiger partial charge in [-0.15, -0.1) is 0 Å². The summed E-state index contributed by atoms with van der Waals surface area (Å²) in [7, 11) is 0. The number of amides is 1. The number of anilines is 1. The van der Waals surface area contributed by atoms with E-state index in [4.69, 9.17) is 0 Å². The summed E-state index contributed by atoms with van der Waals surface area (Å²) in [4.78, 5) is 11.9. The molecule has 1 aromatic carbocycles. The van der Waals surface area contributed by atoms with Crippen molar-refractivity contribution >= 4 is 27.5 Å². The highest BCUT2D eigenvalue weighted by Crippen LogP contribution is 2.24. The van der Waals surface area contributed by atoms with Crippen LogP contribution in [0.15, 0.2) is 28.7 Å². The molecule has 1 aliphatic rings. The van der Waals surface area contributed by atoms with Crippen molar-refractivity contribution in [1.82, 2.24) is 5.32 Å². The molecule has 0 atom stereocenters. The molecule has 2 rings (SSSR count). The number of nitrogens with one attached hydrogen (secondary N) is 2. The standard InChI is InChI=1S/C15H21BrN2O2/c16-12-2-1-3-13(10-12)17-8-9-18-15(20)11-4-6-14(19)7-5-11/h1-3,10-11,14,17,19H,4-9H2,(H,18,20). The van der Waals surface area contributed by atoms with E-state index in [0.29, 0.717) is 13.1 Å². The molecule has 0 heterocycles. The van der Waals surface area contributed by atoms with Crippen molar-refractivity contribution in [3.8, 4) is 0 Å². The van der Waals surface area contributed by atoms with Crippen LogP contribution in [0.4, 0.5) is 5.69 Å². The molecule has 0 saturated heterocycles. The SMILES string of the molecule is O=C(NCCNc1cccc(Br)c1)C1CCC(O)CC1. The average Bonchev–Trinajstić information content (AvgIpc) is 2.44. The number of hydrogen-bond acceptors (Lipinski definition) is 3. The Morgan fingerprint density at radius 1 is 1.25 bits per heavy atom. The largest absolute Gasteiger partial charge is 0.393 e. The van der Waals surface area contributed by atoms with E-state index < -0.39 is 0 Å². The van der Waals surface area contributed by atoms with Crippen molar-refractivity contribution in [2.45, 2.75) is 31.8 Å². The summed E-state index contributed by atoms with van der Waals surface area (Å²) < 4.78 is 1.03. The Hall–Kier alpha value is -1.07. The molecule has 5 heteroatoms. The average molecular weight is 341 g/mol. The third-order valence-corrected chi connectivity index (χ3v) is 4.14. The van der Waals surface area contributed by atoms with Gasteiger partial charge in [0, 0.05) is 29.2 Å². The van der Waals surface area contributed by atoms with E-state index in [1.165, 1.54) is 0 Å². The van der Waals surface area contributed by atoms with Gasteiger partial charge < -0.3 is 15.7 Å². The summed E-state index contributed by atoms with van der Waals surface area (Å²) in [6.45, 7) is 1.32. The summed E-state index contributed by atoms with van der Waals surface area (Å²) in [5.41, 5.74) is 1.04. The molecular weight excluding hydrogens is 320 g/mol. The molecule has 0 spiro atoms. The van der Waals surface area contributed by atoms with E-state index in [0.717, 1.165) is 35.8 Å². The molecule has 0 radical (unpaired) electrons. The second-order valence-electron chi connectivity index (χ2n) is 5.23. The Morgan fingerprint density at radius 2 is 2.00 bits per heavy atom. The van der Waals surface area contributed by atoms with E-state index >= 15 is 0 Å². The molecule has 1 fully saturated rings. The van der Waals surface area contributed by atoms with Gasteiger partial charge in [-0.3, -0.25) is 4.79 Å². The first kappa shape index (κ1) is 15.3. The highest BCUT2D eigenvalue weighted by Gasteiger charge is 2.24. The number of halogens is 1. The minimum absolute atomic E-state index is 0.0734. The Kier molecular flexibility index (Phi) is 5.86. The molecule has 3 N–H and O–H groups in total. The van der Waals surface area contributed by atoms with Crippen molar-refractivity contribution in [3.05, 3.63) is 28.7 Å². The van der Waals surface area contributed by atoms with Gasteiger partial charge in [-0.25, -0.2) is 0 Å². The molecule has 1 amide bonds. The Bertz CT molecular complexity index is 445. The summed E-state index contributed by atoms with van der Waals surface area (Å²) >= 11 is 3.42. The lowest BCUT2D eigenvalue weighted by Crippen LogP contribution is -2.36. The van der Waals surface area contributed by atoms with Gasteiger partial charge in [0.25, 0.3) is 0 Å². The molecule has 0 aliphatic heterocycles. The van der Waals surface area contributed by atoms with E-state index in [2.05, 4.69) is 26.6 Å². The number of benzene rings is 1. The molecule has 0 unspecified atom stereocenters. The topological polar surface area (TPSA) is 61.4 Å². The molecule has 0 aromatic heterocycles. The maximum absolute atomic E-state index is 11.9. The molecule has 0 bridgehead atoms. The first-order valence-corrected chi connectivity index (χ1v) is 7.89. The maximum Gasteiger partial charge on any atom is 0.223 e. The number of hydrogen-bond donors (Lipinski definition) is 3. The third-order valence-electron chi connectivity index (χ3n) is 3.65. The van der Waals surface area contributed by atoms with Crippen molar-refractivity contribution < 1.29 is 9.90 Å². The molecule has 20 heavy (non-hydrogen) atoms. The third kappa shape index (κ3) is 4.80. The fourth-order valence-electron chi connectivity index (χ4n) is 2.47. The smallest absolute Gasteiger partial charge is 0.223 e. The summed E-state index contributed by atoms with van der Waals surface area (Å²) in [5, 5.41) is 15.6. The van der Waals surface area contributed by atoms with Gasteiger partial charge >= 0.3 is 0 Å². The van der Waals surface area contributed by atoms with E-state index in [-0.39, 0.29) is 17.9 Å². The molecule has 110 valence electrons. The van der Waals surface area contributed by atoms with Gasteiger partial charge in [0.15, 0.2) is 0 Å². The van der Waals surface area contributed by atoms with Gasteiger partial charge in [0.2, 0.25) is 5.91 Å². The fourth-order valence-corrected chi connectivity index (χ4v) is 2.87. The molecule has 4 nitrogen and oxygen atoms in total. The van der Waals surface area contributed by atoms with Crippen LogP contribution in [0.5, 0.6) is 0 Å². The van der Waals surface area contributed by atoms with Crippen LogP contribution in [-0.4, -0.2) is 30.2 Å². The number of rotatable bonds is 5. The fraction of sp³-hybridized carbons (Fsp3) is 0.533. The second kappa shape index (κ2) is 7.64. The quantitative estimate of drug-likeness (QED) is 0.722. The highest BCUT2D eigenvalue weighted by molar-refractivity contribution is 9.10. The summed E-state index contributed by atoms with van der Waals surface area (Å²) in [5.74, 6) is 0.192. The zero-order chi connectivity index (χ0) is 14.4. The molecule has 1 saturated carbocycles. The van der Waals surface area contributed by atoms with Crippen molar-refractivity contribution in [2.75, 3.05) is 18.4 Å². The molecule has 1 aromatic rings. The van der Waals surface area contributed by atoms with Crippen LogP contribution >= 0.6 is 15.9 Å². The molecular formula is C15H21BrN2O2. The van der Waals surface area contributed by atoms with Gasteiger partial charge in [0.1, 0.15) is 0 Å². The normalized spacial score (nSPS) is 22.3. The van der Waals surface area contributed by atoms with Gasteiger partial charge in [-0.1, -0.05) is 22.0 Å². The lowest BCUT2D eigenvalue weighted by molar-refractivity contribution is -0.126. The van der Waals surface area contributed by atoms with Crippen molar-refractivity contribution in [3.63, 3.8) is 0 Å². The number of carbonyl (C=O) groups is 1. The minimum atomic E-state index is -0.211. The Labute approximate surface area is 128 Å². The lowest BCUT2D eigenvalue weighted by atomic mass is 9.87. The van der Waals surface area contributed by atoms with Crippen LogP contribution in [0.2, 0.25) is 0 Å². The van der Waals surface area contributed by atoms with E-state index in [1.54, 1.807) is 0 Å². The number of carbonyl (C=O) groups excluding carboxylic acids is 1. The zero-order valence-electron chi connectivity index (χ0n) is 11.4. The number of aliphatic hydroxyl groups excluding tert-OH is 1. The summed E-state index contributed by atoms with van der Waals surface area (Å²) in [6, 6.07) is 7.95. The van der Waals surface area contributed by atoms with Crippen molar-refractivity contribution in [1.29, 1.82) is 0 Å². The van der Waals surface area contributed by atoms with Crippen LogP contribution < -0.4 is 10.6 Å². The Morgan fingerprint density at radius 3 is 2.70 bits per heavy atom.